The van der Waals surface area contributed by atoms with Gasteiger partial charge < -0.3 is 14.2 Å². The molecule has 0 aromatic carbocycles. The van der Waals surface area contributed by atoms with Crippen LogP contribution in [0.5, 0.6) is 0 Å². The average molecular weight is 216 g/mol. The Morgan fingerprint density at radius 2 is 0.867 bits per heavy atom. The van der Waals surface area contributed by atoms with Gasteiger partial charge in [0.25, 0.3) is 0 Å². The number of hydrogen-bond acceptors (Lipinski definition) is 6. The lowest BCUT2D eigenvalue weighted by Gasteiger charge is -2.11. The number of hydrogen-bond donors (Lipinski definition) is 0. The lowest BCUT2D eigenvalue weighted by atomic mass is 10.4. The molecule has 1 heterocycles. The van der Waals surface area contributed by atoms with E-state index < -0.39 is 36.2 Å². The highest BCUT2D eigenvalue weighted by molar-refractivity contribution is 5.87. The molecule has 0 aromatic rings. The van der Waals surface area contributed by atoms with Gasteiger partial charge in [0.05, 0.1) is 0 Å². The van der Waals surface area contributed by atoms with Gasteiger partial charge in [-0.2, -0.15) is 0 Å². The van der Waals surface area contributed by atoms with E-state index in [1.54, 1.807) is 0 Å². The molecule has 1 aliphatic heterocycles. The van der Waals surface area contributed by atoms with Gasteiger partial charge in [0, 0.05) is 0 Å². The summed E-state index contributed by atoms with van der Waals surface area (Å²) >= 11 is 0. The van der Waals surface area contributed by atoms with E-state index in [9.17, 15) is 14.4 Å². The van der Waals surface area contributed by atoms with Gasteiger partial charge >= 0.3 is 17.9 Å². The minimum atomic E-state index is -1.03. The molecular formula is C9H12O6. The van der Waals surface area contributed by atoms with E-state index in [0.29, 0.717) is 0 Å². The maximum absolute atomic E-state index is 11.2. The largest absolute Gasteiger partial charge is 0.448 e. The maximum atomic E-state index is 11.2. The van der Waals surface area contributed by atoms with Crippen molar-refractivity contribution in [3.8, 4) is 0 Å². The molecule has 1 rings (SSSR count). The third-order valence-corrected chi connectivity index (χ3v) is 1.87. The number of ether oxygens (including phenoxy) is 3. The molecule has 0 aromatic heterocycles. The van der Waals surface area contributed by atoms with Crippen molar-refractivity contribution in [3.63, 3.8) is 0 Å². The highest BCUT2D eigenvalue weighted by Gasteiger charge is 2.32. The van der Waals surface area contributed by atoms with Crippen LogP contribution in [0.4, 0.5) is 0 Å². The predicted octanol–water partition coefficient (Wildman–Crippen LogP) is -0.205. The number of esters is 3. The first-order valence-corrected chi connectivity index (χ1v) is 4.53. The average Bonchev–Trinajstić information content (AvgIpc) is 2.17. The van der Waals surface area contributed by atoms with Crippen molar-refractivity contribution in [2.45, 2.75) is 39.1 Å². The monoisotopic (exact) mass is 216 g/mol. The summed E-state index contributed by atoms with van der Waals surface area (Å²) in [6.45, 7) is 4.11. The summed E-state index contributed by atoms with van der Waals surface area (Å²) in [5.41, 5.74) is 0. The highest BCUT2D eigenvalue weighted by Crippen LogP contribution is 2.08. The van der Waals surface area contributed by atoms with Crippen molar-refractivity contribution in [2.24, 2.45) is 0 Å². The summed E-state index contributed by atoms with van der Waals surface area (Å²) in [4.78, 5) is 33.7. The van der Waals surface area contributed by atoms with E-state index in [1.165, 1.54) is 20.8 Å². The van der Waals surface area contributed by atoms with Gasteiger partial charge in [-0.3, -0.25) is 0 Å². The van der Waals surface area contributed by atoms with Gasteiger partial charge in [0.1, 0.15) is 0 Å². The lowest BCUT2D eigenvalue weighted by Crippen LogP contribution is -2.30. The van der Waals surface area contributed by atoms with E-state index in [4.69, 9.17) is 14.2 Å². The van der Waals surface area contributed by atoms with E-state index in [1.807, 2.05) is 0 Å². The molecule has 84 valence electrons. The van der Waals surface area contributed by atoms with Crippen LogP contribution < -0.4 is 0 Å². The Bertz CT molecular complexity index is 249. The second-order valence-corrected chi connectivity index (χ2v) is 3.24. The number of cyclic esters (lactones) is 3. The van der Waals surface area contributed by atoms with Gasteiger partial charge in [-0.1, -0.05) is 0 Å². The number of carbonyl (C=O) groups excluding carboxylic acids is 3. The third kappa shape index (κ3) is 2.68. The van der Waals surface area contributed by atoms with Gasteiger partial charge in [-0.25, -0.2) is 14.4 Å². The zero-order valence-electron chi connectivity index (χ0n) is 8.68. The van der Waals surface area contributed by atoms with Gasteiger partial charge in [0.15, 0.2) is 18.3 Å². The molecule has 6 heteroatoms. The molecular weight excluding hydrogens is 204 g/mol. The molecule has 1 fully saturated rings. The summed E-state index contributed by atoms with van der Waals surface area (Å²) < 4.78 is 14.1. The molecule has 1 saturated heterocycles. The van der Waals surface area contributed by atoms with E-state index in [2.05, 4.69) is 0 Å². The Hall–Kier alpha value is -1.59. The second kappa shape index (κ2) is 4.29. The molecule has 6 nitrogen and oxygen atoms in total. The smallest absolute Gasteiger partial charge is 0.347 e. The van der Waals surface area contributed by atoms with Crippen molar-refractivity contribution in [2.75, 3.05) is 0 Å². The second-order valence-electron chi connectivity index (χ2n) is 3.24. The summed E-state index contributed by atoms with van der Waals surface area (Å²) in [6.07, 6.45) is -3.09. The molecule has 0 radical (unpaired) electrons. The lowest BCUT2D eigenvalue weighted by molar-refractivity contribution is -0.169. The van der Waals surface area contributed by atoms with Crippen LogP contribution >= 0.6 is 0 Å². The quantitative estimate of drug-likeness (QED) is 0.412. The molecule has 0 unspecified atom stereocenters. The standard InChI is InChI=1S/C9H12O6/c1-4-7(10)14-6(3)9(12)15-5(2)8(11)13-4/h4-6H,1-3H3/t4-,5-,6+/m0/s1. The van der Waals surface area contributed by atoms with Crippen LogP contribution in [0.1, 0.15) is 20.8 Å². The number of carbonyl (C=O) groups is 3. The summed E-state index contributed by atoms with van der Waals surface area (Å²) in [5, 5.41) is 0. The van der Waals surface area contributed by atoms with Gasteiger partial charge in [-0.05, 0) is 20.8 Å². The van der Waals surface area contributed by atoms with Crippen LogP contribution in [-0.4, -0.2) is 36.2 Å². The fourth-order valence-corrected chi connectivity index (χ4v) is 0.954. The first-order chi connectivity index (χ1) is 6.91. The number of rotatable bonds is 0. The van der Waals surface area contributed by atoms with Crippen molar-refractivity contribution >= 4 is 17.9 Å². The molecule has 1 aliphatic rings. The minimum Gasteiger partial charge on any atom is -0.448 e. The Labute approximate surface area is 86.5 Å². The molecule has 0 amide bonds. The van der Waals surface area contributed by atoms with Crippen molar-refractivity contribution < 1.29 is 28.6 Å². The first-order valence-electron chi connectivity index (χ1n) is 4.53. The minimum absolute atomic E-state index is 0.762. The SMILES string of the molecule is C[C@@H]1OC(=O)[C@H](C)OC(=O)[C@@H](C)OC1=O. The molecule has 0 saturated carbocycles. The van der Waals surface area contributed by atoms with Crippen LogP contribution in [0.25, 0.3) is 0 Å². The molecule has 0 bridgehead atoms. The molecule has 0 spiro atoms. The fraction of sp³-hybridized carbons (Fsp3) is 0.667. The first kappa shape index (κ1) is 11.5. The van der Waals surface area contributed by atoms with Gasteiger partial charge in [-0.15, -0.1) is 0 Å². The van der Waals surface area contributed by atoms with Crippen molar-refractivity contribution in [1.82, 2.24) is 0 Å². The fourth-order valence-electron chi connectivity index (χ4n) is 0.954. The zero-order chi connectivity index (χ0) is 11.6. The van der Waals surface area contributed by atoms with Crippen LogP contribution in [0.2, 0.25) is 0 Å². The van der Waals surface area contributed by atoms with Gasteiger partial charge in [0.2, 0.25) is 0 Å². The highest BCUT2D eigenvalue weighted by atomic mass is 16.6. The Kier molecular flexibility index (Phi) is 3.28. The van der Waals surface area contributed by atoms with Crippen LogP contribution in [-0.2, 0) is 28.6 Å². The van der Waals surface area contributed by atoms with E-state index in [-0.39, 0.29) is 0 Å². The Morgan fingerprint density at radius 1 is 0.667 bits per heavy atom. The predicted molar refractivity (Wildman–Crippen MR) is 46.7 cm³/mol. The van der Waals surface area contributed by atoms with Crippen molar-refractivity contribution in [3.05, 3.63) is 0 Å². The van der Waals surface area contributed by atoms with Crippen LogP contribution in [0, 0.1) is 0 Å². The normalized spacial score (nSPS) is 33.0. The van der Waals surface area contributed by atoms with E-state index >= 15 is 0 Å². The van der Waals surface area contributed by atoms with Crippen molar-refractivity contribution in [1.29, 1.82) is 0 Å². The Morgan fingerprint density at radius 3 is 1.07 bits per heavy atom. The molecule has 15 heavy (non-hydrogen) atoms. The van der Waals surface area contributed by atoms with Crippen LogP contribution in [0.15, 0.2) is 0 Å². The molecule has 3 atom stereocenters. The van der Waals surface area contributed by atoms with E-state index in [0.717, 1.165) is 0 Å². The molecule has 0 aliphatic carbocycles. The zero-order valence-corrected chi connectivity index (χ0v) is 8.68. The topological polar surface area (TPSA) is 78.9 Å². The van der Waals surface area contributed by atoms with Crippen LogP contribution in [0.3, 0.4) is 0 Å². The summed E-state index contributed by atoms with van der Waals surface area (Å²) in [5.74, 6) is -2.29. The Balaban J connectivity index is 2.86. The summed E-state index contributed by atoms with van der Waals surface area (Å²) in [7, 11) is 0. The maximum Gasteiger partial charge on any atom is 0.347 e. The summed E-state index contributed by atoms with van der Waals surface area (Å²) in [6, 6.07) is 0. The molecule has 0 N–H and O–H groups in total. The third-order valence-electron chi connectivity index (χ3n) is 1.87.